The molecule has 0 aliphatic carbocycles. The first-order valence-electron chi connectivity index (χ1n) is 7.01. The highest BCUT2D eigenvalue weighted by atomic mass is 16.6. The van der Waals surface area contributed by atoms with E-state index in [-0.39, 0.29) is 6.10 Å². The Bertz CT molecular complexity index is 635. The number of rotatable bonds is 2. The predicted molar refractivity (Wildman–Crippen MR) is 82.1 cm³/mol. The van der Waals surface area contributed by atoms with Crippen molar-refractivity contribution in [2.45, 2.75) is 33.3 Å². The van der Waals surface area contributed by atoms with Crippen molar-refractivity contribution in [2.75, 3.05) is 0 Å². The molecular formula is C18H19NO. The van der Waals surface area contributed by atoms with Crippen LogP contribution in [-0.2, 0) is 4.84 Å². The molecule has 2 aromatic rings. The molecule has 1 heterocycles. The van der Waals surface area contributed by atoms with Crippen LogP contribution in [0.3, 0.4) is 0 Å². The zero-order valence-electron chi connectivity index (χ0n) is 12.2. The second-order valence-electron chi connectivity index (χ2n) is 5.52. The molecule has 1 atom stereocenters. The largest absolute Gasteiger partial charge is 0.387 e. The van der Waals surface area contributed by atoms with E-state index in [2.05, 4.69) is 50.2 Å². The van der Waals surface area contributed by atoms with E-state index in [4.69, 9.17) is 4.84 Å². The van der Waals surface area contributed by atoms with Crippen LogP contribution in [0.1, 0.15) is 40.3 Å². The van der Waals surface area contributed by atoms with Crippen molar-refractivity contribution >= 4 is 5.71 Å². The Morgan fingerprint density at radius 2 is 1.65 bits per heavy atom. The molecule has 0 saturated heterocycles. The highest BCUT2D eigenvalue weighted by Crippen LogP contribution is 2.31. The van der Waals surface area contributed by atoms with Crippen LogP contribution in [0, 0.1) is 20.8 Å². The molecule has 2 nitrogen and oxygen atoms in total. The van der Waals surface area contributed by atoms with Gasteiger partial charge in [0.25, 0.3) is 0 Å². The summed E-state index contributed by atoms with van der Waals surface area (Å²) < 4.78 is 0. The van der Waals surface area contributed by atoms with Crippen molar-refractivity contribution in [1.29, 1.82) is 0 Å². The first-order chi connectivity index (χ1) is 9.65. The van der Waals surface area contributed by atoms with Crippen LogP contribution in [0.25, 0.3) is 0 Å². The van der Waals surface area contributed by atoms with Crippen LogP contribution in [0.5, 0.6) is 0 Å². The third kappa shape index (κ3) is 2.34. The maximum Gasteiger partial charge on any atom is 0.158 e. The molecule has 0 N–H and O–H groups in total. The van der Waals surface area contributed by atoms with E-state index in [1.54, 1.807) is 0 Å². The maximum absolute atomic E-state index is 5.63. The Balaban J connectivity index is 1.88. The number of nitrogens with zero attached hydrogens (tertiary/aromatic N) is 1. The van der Waals surface area contributed by atoms with E-state index in [0.717, 1.165) is 12.1 Å². The third-order valence-electron chi connectivity index (χ3n) is 3.81. The summed E-state index contributed by atoms with van der Waals surface area (Å²) in [6.07, 6.45) is 0.890. The van der Waals surface area contributed by atoms with Gasteiger partial charge in [0, 0.05) is 12.0 Å². The lowest BCUT2D eigenvalue weighted by Gasteiger charge is -2.11. The van der Waals surface area contributed by atoms with Crippen LogP contribution in [0.4, 0.5) is 0 Å². The van der Waals surface area contributed by atoms with Crippen LogP contribution >= 0.6 is 0 Å². The summed E-state index contributed by atoms with van der Waals surface area (Å²) in [6.45, 7) is 6.42. The van der Waals surface area contributed by atoms with E-state index < -0.39 is 0 Å². The van der Waals surface area contributed by atoms with Gasteiger partial charge in [0.15, 0.2) is 6.10 Å². The molecule has 1 aliphatic heterocycles. The first-order valence-corrected chi connectivity index (χ1v) is 7.01. The fraction of sp³-hybridized carbons (Fsp3) is 0.278. The van der Waals surface area contributed by atoms with Gasteiger partial charge >= 0.3 is 0 Å². The molecular weight excluding hydrogens is 246 g/mol. The van der Waals surface area contributed by atoms with Crippen LogP contribution in [-0.4, -0.2) is 5.71 Å². The minimum atomic E-state index is 0.0475. The third-order valence-corrected chi connectivity index (χ3v) is 3.81. The minimum Gasteiger partial charge on any atom is -0.387 e. The molecule has 0 saturated carbocycles. The van der Waals surface area contributed by atoms with Gasteiger partial charge in [0.1, 0.15) is 0 Å². The summed E-state index contributed by atoms with van der Waals surface area (Å²) >= 11 is 0. The SMILES string of the molecule is Cc1cc(C)c(C2=NOC(c3ccccc3)C2)c(C)c1. The van der Waals surface area contributed by atoms with Gasteiger partial charge in [-0.1, -0.05) is 53.2 Å². The Morgan fingerprint density at radius 3 is 2.30 bits per heavy atom. The lowest BCUT2D eigenvalue weighted by molar-refractivity contribution is 0.0857. The molecule has 102 valence electrons. The van der Waals surface area contributed by atoms with Crippen LogP contribution in [0.15, 0.2) is 47.6 Å². The Labute approximate surface area is 120 Å². The summed E-state index contributed by atoms with van der Waals surface area (Å²) in [5.41, 5.74) is 7.34. The van der Waals surface area contributed by atoms with E-state index in [0.29, 0.717) is 0 Å². The van der Waals surface area contributed by atoms with Crippen molar-refractivity contribution in [3.63, 3.8) is 0 Å². The molecule has 0 aromatic heterocycles. The molecule has 0 spiro atoms. The fourth-order valence-corrected chi connectivity index (χ4v) is 3.01. The summed E-state index contributed by atoms with van der Waals surface area (Å²) in [6, 6.07) is 14.7. The van der Waals surface area contributed by atoms with Gasteiger partial charge < -0.3 is 4.84 Å². The van der Waals surface area contributed by atoms with Gasteiger partial charge in [-0.25, -0.2) is 0 Å². The lowest BCUT2D eigenvalue weighted by Crippen LogP contribution is -2.06. The van der Waals surface area contributed by atoms with Crippen LogP contribution in [0.2, 0.25) is 0 Å². The number of benzene rings is 2. The van der Waals surface area contributed by atoms with Gasteiger partial charge in [-0.05, 0) is 37.5 Å². The number of hydrogen-bond acceptors (Lipinski definition) is 2. The molecule has 0 radical (unpaired) electrons. The Hall–Kier alpha value is -2.09. The van der Waals surface area contributed by atoms with Gasteiger partial charge in [-0.3, -0.25) is 0 Å². The molecule has 20 heavy (non-hydrogen) atoms. The molecule has 1 unspecified atom stereocenters. The zero-order chi connectivity index (χ0) is 14.1. The molecule has 0 bridgehead atoms. The molecule has 0 amide bonds. The minimum absolute atomic E-state index is 0.0475. The highest BCUT2D eigenvalue weighted by Gasteiger charge is 2.25. The van der Waals surface area contributed by atoms with Gasteiger partial charge in [-0.15, -0.1) is 0 Å². The highest BCUT2D eigenvalue weighted by molar-refractivity contribution is 6.03. The average Bonchev–Trinajstić information content (AvgIpc) is 2.88. The van der Waals surface area contributed by atoms with Crippen LogP contribution < -0.4 is 0 Å². The summed E-state index contributed by atoms with van der Waals surface area (Å²) in [7, 11) is 0. The maximum atomic E-state index is 5.63. The summed E-state index contributed by atoms with van der Waals surface area (Å²) in [5.74, 6) is 0. The normalized spacial score (nSPS) is 17.8. The van der Waals surface area contributed by atoms with Crippen molar-refractivity contribution in [3.05, 3.63) is 70.3 Å². The Kier molecular flexibility index (Phi) is 3.31. The smallest absolute Gasteiger partial charge is 0.158 e. The van der Waals surface area contributed by atoms with E-state index in [9.17, 15) is 0 Å². The molecule has 2 heteroatoms. The molecule has 1 aliphatic rings. The second kappa shape index (κ2) is 5.12. The topological polar surface area (TPSA) is 21.6 Å². The zero-order valence-corrected chi connectivity index (χ0v) is 12.2. The standard InChI is InChI=1S/C18H19NO/c1-12-9-13(2)18(14(3)10-12)16-11-17(20-19-16)15-7-5-4-6-8-15/h4-10,17H,11H2,1-3H3. The van der Waals surface area contributed by atoms with E-state index in [1.165, 1.54) is 27.8 Å². The molecule has 2 aromatic carbocycles. The van der Waals surface area contributed by atoms with Gasteiger partial charge in [0.05, 0.1) is 5.71 Å². The number of aryl methyl sites for hydroxylation is 3. The van der Waals surface area contributed by atoms with E-state index >= 15 is 0 Å². The van der Waals surface area contributed by atoms with Crippen molar-refractivity contribution < 1.29 is 4.84 Å². The quantitative estimate of drug-likeness (QED) is 0.784. The monoisotopic (exact) mass is 265 g/mol. The summed E-state index contributed by atoms with van der Waals surface area (Å²) in [4.78, 5) is 5.63. The fourth-order valence-electron chi connectivity index (χ4n) is 3.01. The second-order valence-corrected chi connectivity index (χ2v) is 5.52. The van der Waals surface area contributed by atoms with Crippen molar-refractivity contribution in [3.8, 4) is 0 Å². The lowest BCUT2D eigenvalue weighted by atomic mass is 9.92. The van der Waals surface area contributed by atoms with Gasteiger partial charge in [-0.2, -0.15) is 0 Å². The van der Waals surface area contributed by atoms with Crippen molar-refractivity contribution in [2.24, 2.45) is 5.16 Å². The van der Waals surface area contributed by atoms with E-state index in [1.807, 2.05) is 18.2 Å². The number of hydrogen-bond donors (Lipinski definition) is 0. The number of oxime groups is 1. The summed E-state index contributed by atoms with van der Waals surface area (Å²) in [5, 5.41) is 4.33. The van der Waals surface area contributed by atoms with Gasteiger partial charge in [0.2, 0.25) is 0 Å². The van der Waals surface area contributed by atoms with Crippen molar-refractivity contribution in [1.82, 2.24) is 0 Å². The molecule has 3 rings (SSSR count). The average molecular weight is 265 g/mol. The Morgan fingerprint density at radius 1 is 1.00 bits per heavy atom. The first kappa shape index (κ1) is 12.9. The molecule has 0 fully saturated rings. The predicted octanol–water partition coefficient (Wildman–Crippen LogP) is 4.48.